The average Bonchev–Trinajstić information content (AvgIpc) is 3.28. The number of carbonyl (C=O) groups excluding carboxylic acids is 4. The topological polar surface area (TPSA) is 113 Å². The number of Topliss-reactive ketones (excluding diaryl/α,β-unsaturated/α-hetero) is 1. The van der Waals surface area contributed by atoms with Gasteiger partial charge in [0.1, 0.15) is 12.2 Å². The Morgan fingerprint density at radius 2 is 1.61 bits per heavy atom. The Morgan fingerprint density at radius 1 is 0.951 bits per heavy atom. The molecule has 0 aliphatic carbocycles. The van der Waals surface area contributed by atoms with Gasteiger partial charge in [0.25, 0.3) is 0 Å². The lowest BCUT2D eigenvalue weighted by Crippen LogP contribution is -2.43. The summed E-state index contributed by atoms with van der Waals surface area (Å²) in [4.78, 5) is 51.8. The number of benzene rings is 2. The first kappa shape index (κ1) is 31.4. The summed E-state index contributed by atoms with van der Waals surface area (Å²) in [7, 11) is 1.27. The maximum Gasteiger partial charge on any atom is 0.419 e. The summed E-state index contributed by atoms with van der Waals surface area (Å²) >= 11 is 0. The maximum atomic E-state index is 13.5. The van der Waals surface area contributed by atoms with Crippen molar-refractivity contribution < 1.29 is 33.4 Å². The van der Waals surface area contributed by atoms with Gasteiger partial charge in [-0.25, -0.2) is 9.59 Å². The number of alkyl carbamates (subject to hydrolysis) is 1. The number of nitrogens with zero attached hydrogens (tertiary/aromatic N) is 1. The van der Waals surface area contributed by atoms with Crippen molar-refractivity contribution in [2.45, 2.75) is 72.1 Å². The SMILES string of the molecule is COC(=O)C(CC(=O)[C@@H](CC(C)C)NC(=O)OCc1ccccc1)Cc1cn(C(=O)OC(C)(C)C)c2ccccc12. The van der Waals surface area contributed by atoms with Crippen LogP contribution in [0.4, 0.5) is 9.59 Å². The maximum absolute atomic E-state index is 13.5. The van der Waals surface area contributed by atoms with Crippen molar-refractivity contribution in [1.29, 1.82) is 0 Å². The number of esters is 1. The van der Waals surface area contributed by atoms with E-state index in [1.165, 1.54) is 11.7 Å². The van der Waals surface area contributed by atoms with Crippen LogP contribution >= 0.6 is 0 Å². The van der Waals surface area contributed by atoms with Gasteiger partial charge >= 0.3 is 18.2 Å². The molecule has 2 aromatic carbocycles. The number of aromatic nitrogens is 1. The van der Waals surface area contributed by atoms with E-state index in [9.17, 15) is 19.2 Å². The number of rotatable bonds is 11. The van der Waals surface area contributed by atoms with Crippen LogP contribution in [0.5, 0.6) is 0 Å². The predicted octanol–water partition coefficient (Wildman–Crippen LogP) is 6.06. The minimum absolute atomic E-state index is 0.0712. The zero-order valence-corrected chi connectivity index (χ0v) is 24.6. The molecule has 0 spiro atoms. The number of carbonyl (C=O) groups is 4. The zero-order chi connectivity index (χ0) is 30.2. The molecular formula is C32H40N2O7. The van der Waals surface area contributed by atoms with Crippen molar-refractivity contribution in [3.63, 3.8) is 0 Å². The summed E-state index contributed by atoms with van der Waals surface area (Å²) in [5.41, 5.74) is 1.47. The molecule has 9 nitrogen and oxygen atoms in total. The average molecular weight is 565 g/mol. The third kappa shape index (κ3) is 9.20. The van der Waals surface area contributed by atoms with Crippen LogP contribution in [0.2, 0.25) is 0 Å². The Labute approximate surface area is 241 Å². The fourth-order valence-electron chi connectivity index (χ4n) is 4.58. The highest BCUT2D eigenvalue weighted by atomic mass is 16.6. The molecule has 0 aliphatic heterocycles. The van der Waals surface area contributed by atoms with Crippen LogP contribution in [0, 0.1) is 11.8 Å². The van der Waals surface area contributed by atoms with Crippen molar-refractivity contribution in [1.82, 2.24) is 9.88 Å². The molecule has 41 heavy (non-hydrogen) atoms. The molecule has 0 saturated carbocycles. The summed E-state index contributed by atoms with van der Waals surface area (Å²) in [6, 6.07) is 15.7. The standard InChI is InChI=1S/C32H40N2O7/c1-21(2)16-26(33-30(37)40-20-22-12-8-7-9-13-22)28(35)18-23(29(36)39-6)17-24-19-34(31(38)41-32(3,4)5)27-15-11-10-14-25(24)27/h7-15,19,21,23,26H,16-18,20H2,1-6H3,(H,33,37)/t23?,26-/m1/s1. The fourth-order valence-corrected chi connectivity index (χ4v) is 4.58. The Hall–Kier alpha value is -4.14. The predicted molar refractivity (Wildman–Crippen MR) is 155 cm³/mol. The molecule has 1 aromatic heterocycles. The van der Waals surface area contributed by atoms with Gasteiger partial charge in [0.15, 0.2) is 5.78 Å². The van der Waals surface area contributed by atoms with Crippen LogP contribution in [0.3, 0.4) is 0 Å². The molecule has 0 radical (unpaired) electrons. The minimum atomic E-state index is -0.839. The molecule has 3 aromatic rings. The number of ketones is 1. The normalized spacial score (nSPS) is 13.0. The van der Waals surface area contributed by atoms with Gasteiger partial charge in [0, 0.05) is 18.0 Å². The van der Waals surface area contributed by atoms with Crippen LogP contribution in [-0.4, -0.2) is 47.3 Å². The zero-order valence-electron chi connectivity index (χ0n) is 24.6. The van der Waals surface area contributed by atoms with Gasteiger partial charge in [-0.3, -0.25) is 14.2 Å². The lowest BCUT2D eigenvalue weighted by molar-refractivity contribution is -0.147. The van der Waals surface area contributed by atoms with E-state index >= 15 is 0 Å². The molecule has 0 aliphatic rings. The number of nitrogens with one attached hydrogen (secondary N) is 1. The van der Waals surface area contributed by atoms with Gasteiger partial charge in [-0.05, 0) is 56.7 Å². The molecule has 1 N–H and O–H groups in total. The van der Waals surface area contributed by atoms with Crippen LogP contribution < -0.4 is 5.32 Å². The smallest absolute Gasteiger partial charge is 0.419 e. The number of hydrogen-bond donors (Lipinski definition) is 1. The van der Waals surface area contributed by atoms with E-state index in [-0.39, 0.29) is 31.1 Å². The summed E-state index contributed by atoms with van der Waals surface area (Å²) in [6.45, 7) is 9.32. The minimum Gasteiger partial charge on any atom is -0.469 e. The molecule has 9 heteroatoms. The molecule has 1 heterocycles. The fraction of sp³-hybridized carbons (Fsp3) is 0.438. The second-order valence-electron chi connectivity index (χ2n) is 11.5. The van der Waals surface area contributed by atoms with E-state index in [2.05, 4.69) is 5.32 Å². The van der Waals surface area contributed by atoms with Gasteiger partial charge in [-0.2, -0.15) is 0 Å². The lowest BCUT2D eigenvalue weighted by atomic mass is 9.89. The first-order chi connectivity index (χ1) is 19.4. The van der Waals surface area contributed by atoms with Gasteiger partial charge in [-0.15, -0.1) is 0 Å². The summed E-state index contributed by atoms with van der Waals surface area (Å²) in [6.07, 6.45) is 0.773. The van der Waals surface area contributed by atoms with Crippen LogP contribution in [0.25, 0.3) is 10.9 Å². The van der Waals surface area contributed by atoms with Gasteiger partial charge in [0.2, 0.25) is 0 Å². The number of methoxy groups -OCH3 is 1. The largest absolute Gasteiger partial charge is 0.469 e. The monoisotopic (exact) mass is 564 g/mol. The molecule has 3 rings (SSSR count). The third-order valence-electron chi connectivity index (χ3n) is 6.43. The molecule has 2 atom stereocenters. The Morgan fingerprint density at radius 3 is 2.24 bits per heavy atom. The molecular weight excluding hydrogens is 524 g/mol. The number of amides is 1. The number of ether oxygens (including phenoxy) is 3. The van der Waals surface area contributed by atoms with E-state index in [4.69, 9.17) is 14.2 Å². The molecule has 0 bridgehead atoms. The van der Waals surface area contributed by atoms with Crippen LogP contribution in [0.15, 0.2) is 60.8 Å². The lowest BCUT2D eigenvalue weighted by Gasteiger charge is -2.22. The van der Waals surface area contributed by atoms with Crippen molar-refractivity contribution in [3.05, 3.63) is 71.9 Å². The molecule has 1 unspecified atom stereocenters. The Kier molecular flexibility index (Phi) is 10.7. The third-order valence-corrected chi connectivity index (χ3v) is 6.43. The van der Waals surface area contributed by atoms with Crippen molar-refractivity contribution >= 4 is 34.8 Å². The van der Waals surface area contributed by atoms with E-state index < -0.39 is 35.7 Å². The first-order valence-corrected chi connectivity index (χ1v) is 13.8. The highest BCUT2D eigenvalue weighted by molar-refractivity contribution is 5.93. The highest BCUT2D eigenvalue weighted by Crippen LogP contribution is 2.27. The van der Waals surface area contributed by atoms with Crippen molar-refractivity contribution in [2.75, 3.05) is 7.11 Å². The quantitative estimate of drug-likeness (QED) is 0.223. The van der Waals surface area contributed by atoms with Crippen molar-refractivity contribution in [2.24, 2.45) is 11.8 Å². The molecule has 0 fully saturated rings. The number of hydrogen-bond acceptors (Lipinski definition) is 7. The molecule has 0 saturated heterocycles. The number of para-hydroxylation sites is 1. The number of fused-ring (bicyclic) bond motifs is 1. The van der Waals surface area contributed by atoms with Gasteiger partial charge in [0.05, 0.1) is 24.6 Å². The van der Waals surface area contributed by atoms with Crippen molar-refractivity contribution in [3.8, 4) is 0 Å². The van der Waals surface area contributed by atoms with Gasteiger partial charge < -0.3 is 19.5 Å². The van der Waals surface area contributed by atoms with E-state index in [0.717, 1.165) is 10.9 Å². The second-order valence-corrected chi connectivity index (χ2v) is 11.5. The van der Waals surface area contributed by atoms with E-state index in [1.807, 2.05) is 62.4 Å². The Balaban J connectivity index is 1.79. The first-order valence-electron chi connectivity index (χ1n) is 13.8. The summed E-state index contributed by atoms with van der Waals surface area (Å²) in [5.74, 6) is -1.59. The van der Waals surface area contributed by atoms with E-state index in [1.54, 1.807) is 33.0 Å². The van der Waals surface area contributed by atoms with E-state index in [0.29, 0.717) is 17.5 Å². The van der Waals surface area contributed by atoms with Crippen LogP contribution in [0.1, 0.15) is 58.6 Å². The summed E-state index contributed by atoms with van der Waals surface area (Å²) < 4.78 is 17.4. The molecule has 220 valence electrons. The van der Waals surface area contributed by atoms with Gasteiger partial charge in [-0.1, -0.05) is 62.4 Å². The Bertz CT molecular complexity index is 1360. The van der Waals surface area contributed by atoms with Crippen LogP contribution in [-0.2, 0) is 36.8 Å². The summed E-state index contributed by atoms with van der Waals surface area (Å²) in [5, 5.41) is 3.45. The molecule has 1 amide bonds. The highest BCUT2D eigenvalue weighted by Gasteiger charge is 2.31. The second kappa shape index (κ2) is 14.0.